The number of nitrogens with one attached hydrogen (secondary N) is 2. The number of aliphatic imine (C=N–C) groups is 1. The van der Waals surface area contributed by atoms with Gasteiger partial charge in [0, 0.05) is 25.2 Å². The highest BCUT2D eigenvalue weighted by Crippen LogP contribution is 2.24. The number of ether oxygens (including phenoxy) is 2. The number of nitrogens with zero attached hydrogens (tertiary/aromatic N) is 2. The van der Waals surface area contributed by atoms with Crippen molar-refractivity contribution in [2.24, 2.45) is 4.99 Å². The third-order valence-corrected chi connectivity index (χ3v) is 3.64. The van der Waals surface area contributed by atoms with E-state index in [9.17, 15) is 0 Å². The maximum Gasteiger partial charge on any atom is 0.214 e. The SMILES string of the molecule is CN=C(NCc1nc(C)c(C)o1)NCc1ccc(OC)cc1OC. The second kappa shape index (κ2) is 8.24. The molecule has 1 aromatic carbocycles. The van der Waals surface area contributed by atoms with E-state index in [1.165, 1.54) is 0 Å². The molecule has 0 saturated heterocycles. The number of guanidine groups is 1. The average Bonchev–Trinajstić information content (AvgIpc) is 2.93. The van der Waals surface area contributed by atoms with Crippen LogP contribution in [-0.2, 0) is 13.1 Å². The van der Waals surface area contributed by atoms with Crippen molar-refractivity contribution in [3.8, 4) is 11.5 Å². The zero-order valence-corrected chi connectivity index (χ0v) is 14.8. The van der Waals surface area contributed by atoms with E-state index < -0.39 is 0 Å². The van der Waals surface area contributed by atoms with Crippen LogP contribution in [0.25, 0.3) is 0 Å². The fourth-order valence-corrected chi connectivity index (χ4v) is 2.17. The molecule has 1 aromatic heterocycles. The van der Waals surface area contributed by atoms with Gasteiger partial charge in [0.05, 0.1) is 26.5 Å². The van der Waals surface area contributed by atoms with Crippen molar-refractivity contribution in [1.82, 2.24) is 15.6 Å². The van der Waals surface area contributed by atoms with Crippen LogP contribution in [0.1, 0.15) is 22.9 Å². The first-order valence-corrected chi connectivity index (χ1v) is 7.65. The molecule has 2 N–H and O–H groups in total. The van der Waals surface area contributed by atoms with E-state index in [0.717, 1.165) is 28.5 Å². The fraction of sp³-hybridized carbons (Fsp3) is 0.412. The van der Waals surface area contributed by atoms with E-state index >= 15 is 0 Å². The van der Waals surface area contributed by atoms with Crippen LogP contribution in [0.5, 0.6) is 11.5 Å². The summed E-state index contributed by atoms with van der Waals surface area (Å²) in [6.07, 6.45) is 0. The average molecular weight is 332 g/mol. The van der Waals surface area contributed by atoms with Crippen LogP contribution in [0.4, 0.5) is 0 Å². The van der Waals surface area contributed by atoms with Gasteiger partial charge in [-0.3, -0.25) is 4.99 Å². The fourth-order valence-electron chi connectivity index (χ4n) is 2.17. The Kier molecular flexibility index (Phi) is 6.06. The van der Waals surface area contributed by atoms with Crippen molar-refractivity contribution in [2.75, 3.05) is 21.3 Å². The van der Waals surface area contributed by atoms with Crippen molar-refractivity contribution in [3.05, 3.63) is 41.1 Å². The normalized spacial score (nSPS) is 11.3. The second-order valence-corrected chi connectivity index (χ2v) is 5.21. The van der Waals surface area contributed by atoms with Crippen LogP contribution in [0.15, 0.2) is 27.6 Å². The molecule has 0 atom stereocenters. The van der Waals surface area contributed by atoms with E-state index in [4.69, 9.17) is 13.9 Å². The summed E-state index contributed by atoms with van der Waals surface area (Å²) in [5.74, 6) is 3.64. The van der Waals surface area contributed by atoms with Crippen molar-refractivity contribution < 1.29 is 13.9 Å². The summed E-state index contributed by atoms with van der Waals surface area (Å²) in [6, 6.07) is 5.71. The number of hydrogen-bond donors (Lipinski definition) is 2. The lowest BCUT2D eigenvalue weighted by atomic mass is 10.2. The van der Waals surface area contributed by atoms with Gasteiger partial charge in [0.25, 0.3) is 0 Å². The highest BCUT2D eigenvalue weighted by Gasteiger charge is 2.08. The Morgan fingerprint density at radius 1 is 1.17 bits per heavy atom. The molecule has 7 heteroatoms. The highest BCUT2D eigenvalue weighted by atomic mass is 16.5. The van der Waals surface area contributed by atoms with Crippen LogP contribution in [-0.4, -0.2) is 32.2 Å². The Balaban J connectivity index is 1.94. The number of hydrogen-bond acceptors (Lipinski definition) is 5. The number of oxazole rings is 1. The van der Waals surface area contributed by atoms with Gasteiger partial charge in [-0.05, 0) is 26.0 Å². The third-order valence-electron chi connectivity index (χ3n) is 3.64. The van der Waals surface area contributed by atoms with E-state index in [0.29, 0.717) is 24.9 Å². The smallest absolute Gasteiger partial charge is 0.214 e. The Morgan fingerprint density at radius 3 is 2.50 bits per heavy atom. The summed E-state index contributed by atoms with van der Waals surface area (Å²) >= 11 is 0. The summed E-state index contributed by atoms with van der Waals surface area (Å²) < 4.78 is 16.1. The Labute approximate surface area is 142 Å². The summed E-state index contributed by atoms with van der Waals surface area (Å²) in [5, 5.41) is 6.41. The van der Waals surface area contributed by atoms with Crippen LogP contribution in [0.2, 0.25) is 0 Å². The maximum atomic E-state index is 5.54. The molecule has 2 rings (SSSR count). The third kappa shape index (κ3) is 4.41. The molecule has 0 radical (unpaired) electrons. The van der Waals surface area contributed by atoms with Crippen molar-refractivity contribution in [3.63, 3.8) is 0 Å². The number of rotatable bonds is 6. The first-order chi connectivity index (χ1) is 11.6. The van der Waals surface area contributed by atoms with Crippen LogP contribution in [0, 0.1) is 13.8 Å². The van der Waals surface area contributed by atoms with Crippen molar-refractivity contribution in [2.45, 2.75) is 26.9 Å². The van der Waals surface area contributed by atoms with E-state index in [-0.39, 0.29) is 0 Å². The Hall–Kier alpha value is -2.70. The minimum atomic E-state index is 0.466. The molecule has 1 heterocycles. The molecule has 0 unspecified atom stereocenters. The van der Waals surface area contributed by atoms with E-state index in [1.54, 1.807) is 21.3 Å². The molecular weight excluding hydrogens is 308 g/mol. The van der Waals surface area contributed by atoms with Gasteiger partial charge < -0.3 is 24.5 Å². The van der Waals surface area contributed by atoms with Gasteiger partial charge in [-0.2, -0.15) is 0 Å². The number of aryl methyl sites for hydroxylation is 2. The minimum Gasteiger partial charge on any atom is -0.497 e. The van der Waals surface area contributed by atoms with Gasteiger partial charge in [0.15, 0.2) is 5.96 Å². The van der Waals surface area contributed by atoms with E-state index in [2.05, 4.69) is 20.6 Å². The first-order valence-electron chi connectivity index (χ1n) is 7.65. The molecule has 0 fully saturated rings. The lowest BCUT2D eigenvalue weighted by Gasteiger charge is -2.13. The molecule has 0 aliphatic carbocycles. The quantitative estimate of drug-likeness (QED) is 0.623. The van der Waals surface area contributed by atoms with Gasteiger partial charge in [0.2, 0.25) is 5.89 Å². The summed E-state index contributed by atoms with van der Waals surface area (Å²) in [7, 11) is 4.98. The Morgan fingerprint density at radius 2 is 1.92 bits per heavy atom. The lowest BCUT2D eigenvalue weighted by molar-refractivity contribution is 0.390. The van der Waals surface area contributed by atoms with Gasteiger partial charge >= 0.3 is 0 Å². The van der Waals surface area contributed by atoms with Crippen LogP contribution < -0.4 is 20.1 Å². The molecule has 0 bridgehead atoms. The number of methoxy groups -OCH3 is 2. The molecule has 0 spiro atoms. The van der Waals surface area contributed by atoms with Crippen molar-refractivity contribution >= 4 is 5.96 Å². The second-order valence-electron chi connectivity index (χ2n) is 5.21. The summed E-state index contributed by atoms with van der Waals surface area (Å²) in [4.78, 5) is 8.53. The predicted molar refractivity (Wildman–Crippen MR) is 92.6 cm³/mol. The predicted octanol–water partition coefficient (Wildman–Crippen LogP) is 2.17. The largest absolute Gasteiger partial charge is 0.497 e. The monoisotopic (exact) mass is 332 g/mol. The number of aromatic nitrogens is 1. The standard InChI is InChI=1S/C17H24N4O3/c1-11-12(2)24-16(21-11)10-20-17(18-3)19-9-13-6-7-14(22-4)8-15(13)23-5/h6-8H,9-10H2,1-5H3,(H2,18,19,20). The molecule has 0 amide bonds. The maximum absolute atomic E-state index is 5.54. The summed E-state index contributed by atoms with van der Waals surface area (Å²) in [6.45, 7) is 4.85. The topological polar surface area (TPSA) is 80.9 Å². The zero-order valence-electron chi connectivity index (χ0n) is 14.8. The molecule has 130 valence electrons. The molecule has 2 aromatic rings. The lowest BCUT2D eigenvalue weighted by Crippen LogP contribution is -2.36. The van der Waals surface area contributed by atoms with Gasteiger partial charge in [0.1, 0.15) is 17.3 Å². The van der Waals surface area contributed by atoms with Crippen LogP contribution in [0.3, 0.4) is 0 Å². The van der Waals surface area contributed by atoms with Crippen molar-refractivity contribution in [1.29, 1.82) is 0 Å². The van der Waals surface area contributed by atoms with Crippen LogP contribution >= 0.6 is 0 Å². The Bertz CT molecular complexity index is 690. The molecule has 0 saturated carbocycles. The molecule has 7 nitrogen and oxygen atoms in total. The van der Waals surface area contributed by atoms with Gasteiger partial charge in [-0.1, -0.05) is 0 Å². The molecular formula is C17H24N4O3. The highest BCUT2D eigenvalue weighted by molar-refractivity contribution is 5.79. The molecule has 0 aliphatic rings. The summed E-state index contributed by atoms with van der Waals surface area (Å²) in [5.41, 5.74) is 1.90. The first kappa shape index (κ1) is 17.7. The minimum absolute atomic E-state index is 0.466. The molecule has 0 aliphatic heterocycles. The van der Waals surface area contributed by atoms with E-state index in [1.807, 2.05) is 32.0 Å². The van der Waals surface area contributed by atoms with Gasteiger partial charge in [-0.15, -0.1) is 0 Å². The zero-order chi connectivity index (χ0) is 17.5. The number of benzene rings is 1. The van der Waals surface area contributed by atoms with Gasteiger partial charge in [-0.25, -0.2) is 4.98 Å². The molecule has 24 heavy (non-hydrogen) atoms.